The van der Waals surface area contributed by atoms with Crippen molar-refractivity contribution < 1.29 is 9.59 Å². The largest absolute Gasteiger partial charge is 0.302 e. The first-order chi connectivity index (χ1) is 12.1. The number of hydrogen-bond donors (Lipinski definition) is 2. The molecule has 2 amide bonds. The lowest BCUT2D eigenvalue weighted by Crippen LogP contribution is -2.62. The summed E-state index contributed by atoms with van der Waals surface area (Å²) in [7, 11) is 0. The molecule has 6 nitrogen and oxygen atoms in total. The first-order valence-electron chi connectivity index (χ1n) is 8.05. The molecule has 7 heteroatoms. The molecule has 128 valence electrons. The van der Waals surface area contributed by atoms with E-state index < -0.39 is 5.41 Å². The molecule has 0 bridgehead atoms. The highest BCUT2D eigenvalue weighted by atomic mass is 32.1. The lowest BCUT2D eigenvalue weighted by atomic mass is 9.75. The van der Waals surface area contributed by atoms with Crippen LogP contribution in [0.2, 0.25) is 0 Å². The van der Waals surface area contributed by atoms with Gasteiger partial charge in [-0.3, -0.25) is 19.6 Å². The average Bonchev–Trinajstić information content (AvgIpc) is 2.62. The Balaban J connectivity index is 1.81. The number of rotatable bonds is 6. The molecule has 25 heavy (non-hydrogen) atoms. The van der Waals surface area contributed by atoms with Crippen molar-refractivity contribution in [3.63, 3.8) is 0 Å². The fraction of sp³-hybridized carbons (Fsp3) is 0.278. The van der Waals surface area contributed by atoms with Crippen molar-refractivity contribution in [2.24, 2.45) is 5.41 Å². The Morgan fingerprint density at radius 1 is 0.800 bits per heavy atom. The number of aryl methyl sites for hydroxylation is 2. The van der Waals surface area contributed by atoms with Crippen LogP contribution in [0.3, 0.4) is 0 Å². The summed E-state index contributed by atoms with van der Waals surface area (Å²) in [5.41, 5.74) is 0.925. The molecular formula is C18H18N4O2S. The van der Waals surface area contributed by atoms with Gasteiger partial charge < -0.3 is 10.6 Å². The molecule has 0 radical (unpaired) electrons. The predicted molar refractivity (Wildman–Crippen MR) is 96.4 cm³/mol. The quantitative estimate of drug-likeness (QED) is 0.607. The Bertz CT molecular complexity index is 715. The number of nitrogens with one attached hydrogen (secondary N) is 2. The van der Waals surface area contributed by atoms with Crippen LogP contribution in [0.4, 0.5) is 0 Å². The average molecular weight is 354 g/mol. The van der Waals surface area contributed by atoms with Crippen LogP contribution in [0.25, 0.3) is 0 Å². The van der Waals surface area contributed by atoms with Gasteiger partial charge in [0.2, 0.25) is 11.8 Å². The Hall–Kier alpha value is -2.67. The van der Waals surface area contributed by atoms with Crippen LogP contribution < -0.4 is 10.6 Å². The molecule has 1 fully saturated rings. The Kier molecular flexibility index (Phi) is 5.14. The molecule has 0 unspecified atom stereocenters. The van der Waals surface area contributed by atoms with Gasteiger partial charge in [0, 0.05) is 24.8 Å². The summed E-state index contributed by atoms with van der Waals surface area (Å²) in [6, 6.07) is 7.55. The fourth-order valence-corrected chi connectivity index (χ4v) is 3.16. The van der Waals surface area contributed by atoms with Crippen LogP contribution in [0.15, 0.2) is 49.1 Å². The first kappa shape index (κ1) is 17.2. The molecule has 0 spiro atoms. The zero-order valence-electron chi connectivity index (χ0n) is 13.6. The minimum atomic E-state index is -1.14. The number of pyridine rings is 2. The molecule has 2 aromatic heterocycles. The molecule has 2 N–H and O–H groups in total. The zero-order valence-corrected chi connectivity index (χ0v) is 14.4. The monoisotopic (exact) mass is 354 g/mol. The first-order valence-corrected chi connectivity index (χ1v) is 8.46. The number of carbonyl (C=O) groups excluding carboxylic acids is 2. The summed E-state index contributed by atoms with van der Waals surface area (Å²) in [5.74, 6) is -0.659. The second kappa shape index (κ2) is 7.48. The van der Waals surface area contributed by atoms with E-state index in [0.29, 0.717) is 25.7 Å². The van der Waals surface area contributed by atoms with Crippen LogP contribution in [-0.2, 0) is 22.4 Å². The molecule has 3 heterocycles. The smallest absolute Gasteiger partial charge is 0.241 e. The molecule has 0 aliphatic carbocycles. The van der Waals surface area contributed by atoms with E-state index in [1.807, 2.05) is 24.3 Å². The van der Waals surface area contributed by atoms with E-state index in [1.165, 1.54) is 0 Å². The van der Waals surface area contributed by atoms with Gasteiger partial charge in [0.15, 0.2) is 5.11 Å². The van der Waals surface area contributed by atoms with Crippen LogP contribution in [0.5, 0.6) is 0 Å². The number of nitrogens with zero attached hydrogens (tertiary/aromatic N) is 2. The van der Waals surface area contributed by atoms with Gasteiger partial charge in [0.1, 0.15) is 5.41 Å². The number of hydrogen-bond acceptors (Lipinski definition) is 5. The maximum atomic E-state index is 12.7. The number of aromatic nitrogens is 2. The van der Waals surface area contributed by atoms with Crippen molar-refractivity contribution in [1.29, 1.82) is 0 Å². The van der Waals surface area contributed by atoms with Crippen molar-refractivity contribution in [2.45, 2.75) is 25.7 Å². The number of amides is 2. The van der Waals surface area contributed by atoms with Crippen molar-refractivity contribution in [2.75, 3.05) is 0 Å². The fourth-order valence-electron chi connectivity index (χ4n) is 2.97. The lowest BCUT2D eigenvalue weighted by molar-refractivity contribution is -0.144. The second-order valence-corrected chi connectivity index (χ2v) is 6.44. The van der Waals surface area contributed by atoms with Gasteiger partial charge >= 0.3 is 0 Å². The second-order valence-electron chi connectivity index (χ2n) is 6.03. The predicted octanol–water partition coefficient (Wildman–Crippen LogP) is 1.56. The summed E-state index contributed by atoms with van der Waals surface area (Å²) in [6.07, 6.45) is 8.83. The minimum Gasteiger partial charge on any atom is -0.302 e. The van der Waals surface area contributed by atoms with E-state index in [2.05, 4.69) is 20.6 Å². The van der Waals surface area contributed by atoms with E-state index >= 15 is 0 Å². The normalized spacial score (nSPS) is 16.2. The van der Waals surface area contributed by atoms with Crippen molar-refractivity contribution in [1.82, 2.24) is 20.6 Å². The third-order valence-electron chi connectivity index (χ3n) is 4.50. The summed E-state index contributed by atoms with van der Waals surface area (Å²) in [6.45, 7) is 0. The zero-order chi connectivity index (χ0) is 17.7. The molecule has 0 saturated carbocycles. The standard InChI is InChI=1S/C18H18N4O2S/c23-15-18(16(24)22-17(25)21-15,7-1-13-3-9-19-10-4-13)8-2-14-5-11-20-12-6-14/h3-6,9-12H,1-2,7-8H2,(H2,21,22,23,24,25). The Morgan fingerprint density at radius 2 is 1.20 bits per heavy atom. The van der Waals surface area contributed by atoms with Gasteiger partial charge in [-0.2, -0.15) is 0 Å². The minimum absolute atomic E-state index is 0.0680. The summed E-state index contributed by atoms with van der Waals surface area (Å²) < 4.78 is 0. The highest BCUT2D eigenvalue weighted by molar-refractivity contribution is 7.80. The molecule has 0 aromatic carbocycles. The van der Waals surface area contributed by atoms with Crippen LogP contribution in [0, 0.1) is 5.41 Å². The van der Waals surface area contributed by atoms with E-state index in [0.717, 1.165) is 11.1 Å². The molecule has 3 rings (SSSR count). The van der Waals surface area contributed by atoms with Crippen LogP contribution in [-0.4, -0.2) is 26.9 Å². The van der Waals surface area contributed by atoms with Gasteiger partial charge in [0.25, 0.3) is 0 Å². The van der Waals surface area contributed by atoms with E-state index in [1.54, 1.807) is 24.8 Å². The van der Waals surface area contributed by atoms with Crippen molar-refractivity contribution in [3.8, 4) is 0 Å². The van der Waals surface area contributed by atoms with Gasteiger partial charge in [0.05, 0.1) is 0 Å². The summed E-state index contributed by atoms with van der Waals surface area (Å²) >= 11 is 4.94. The van der Waals surface area contributed by atoms with Crippen LogP contribution >= 0.6 is 12.2 Å². The molecule has 1 saturated heterocycles. The third-order valence-corrected chi connectivity index (χ3v) is 4.71. The van der Waals surface area contributed by atoms with Gasteiger partial charge in [-0.25, -0.2) is 0 Å². The SMILES string of the molecule is O=C1NC(=S)NC(=O)C1(CCc1ccncc1)CCc1ccncc1. The van der Waals surface area contributed by atoms with E-state index in [-0.39, 0.29) is 16.9 Å². The summed E-state index contributed by atoms with van der Waals surface area (Å²) in [5, 5.41) is 5.29. The maximum Gasteiger partial charge on any atom is 0.241 e. The Labute approximate surface area is 151 Å². The maximum absolute atomic E-state index is 12.7. The number of thiocarbonyl (C=S) groups is 1. The lowest BCUT2D eigenvalue weighted by Gasteiger charge is -2.35. The van der Waals surface area contributed by atoms with Crippen molar-refractivity contribution in [3.05, 3.63) is 60.2 Å². The van der Waals surface area contributed by atoms with Gasteiger partial charge in [-0.1, -0.05) is 0 Å². The molecule has 1 aliphatic heterocycles. The topological polar surface area (TPSA) is 84.0 Å². The number of carbonyl (C=O) groups is 2. The highest BCUT2D eigenvalue weighted by Crippen LogP contribution is 2.32. The Morgan fingerprint density at radius 3 is 1.60 bits per heavy atom. The molecule has 0 atom stereocenters. The van der Waals surface area contributed by atoms with Crippen LogP contribution in [0.1, 0.15) is 24.0 Å². The molecule has 1 aliphatic rings. The highest BCUT2D eigenvalue weighted by Gasteiger charge is 2.48. The summed E-state index contributed by atoms with van der Waals surface area (Å²) in [4.78, 5) is 33.4. The van der Waals surface area contributed by atoms with E-state index in [9.17, 15) is 9.59 Å². The van der Waals surface area contributed by atoms with E-state index in [4.69, 9.17) is 12.2 Å². The van der Waals surface area contributed by atoms with Gasteiger partial charge in [-0.15, -0.1) is 0 Å². The van der Waals surface area contributed by atoms with Gasteiger partial charge in [-0.05, 0) is 73.3 Å². The van der Waals surface area contributed by atoms with Crippen molar-refractivity contribution >= 4 is 29.1 Å². The molecule has 2 aromatic rings. The third kappa shape index (κ3) is 3.88. The molecular weight excluding hydrogens is 336 g/mol.